The van der Waals surface area contributed by atoms with Crippen LogP contribution < -0.4 is 0 Å². The Labute approximate surface area is 159 Å². The first-order chi connectivity index (χ1) is 12.5. The third kappa shape index (κ3) is 1.73. The lowest BCUT2D eigenvalue weighted by molar-refractivity contribution is -0.162. The van der Waals surface area contributed by atoms with Crippen molar-refractivity contribution < 1.29 is 23.8 Å². The third-order valence-electron chi connectivity index (χ3n) is 9.44. The summed E-state index contributed by atoms with van der Waals surface area (Å²) < 4.78 is 21.7. The van der Waals surface area contributed by atoms with Gasteiger partial charge in [0.25, 0.3) is 0 Å². The van der Waals surface area contributed by atoms with Crippen molar-refractivity contribution in [1.29, 1.82) is 0 Å². The van der Waals surface area contributed by atoms with Crippen LogP contribution in [0.15, 0.2) is 11.6 Å². The number of ether oxygens (including phenoxy) is 1. The molecule has 148 valence electrons. The van der Waals surface area contributed by atoms with Gasteiger partial charge < -0.3 is 9.84 Å². The SMILES string of the molecule is CC(=O)[C@@]1(O)C(C)C[C@H]2[C@@H]3CC(F)C4=CC(=O)CC[C@]4(C)[C@]34OC4C[C@@]21C. The Hall–Kier alpha value is -1.07. The topological polar surface area (TPSA) is 66.9 Å². The molecule has 1 N–H and O–H groups in total. The molecule has 4 fully saturated rings. The maximum atomic E-state index is 15.3. The van der Waals surface area contributed by atoms with Crippen molar-refractivity contribution >= 4 is 11.6 Å². The van der Waals surface area contributed by atoms with Crippen LogP contribution in [-0.4, -0.2) is 40.2 Å². The van der Waals surface area contributed by atoms with E-state index >= 15 is 4.39 Å². The third-order valence-corrected chi connectivity index (χ3v) is 9.44. The van der Waals surface area contributed by atoms with Gasteiger partial charge in [-0.1, -0.05) is 20.8 Å². The molecule has 0 aromatic carbocycles. The van der Waals surface area contributed by atoms with Gasteiger partial charge in [0.05, 0.1) is 6.10 Å². The van der Waals surface area contributed by atoms with E-state index in [0.717, 1.165) is 6.42 Å². The van der Waals surface area contributed by atoms with Crippen molar-refractivity contribution in [2.75, 3.05) is 0 Å². The van der Waals surface area contributed by atoms with Gasteiger partial charge in [0.15, 0.2) is 11.6 Å². The molecular formula is C22H29FO4. The van der Waals surface area contributed by atoms with Gasteiger partial charge in [-0.25, -0.2) is 4.39 Å². The Kier molecular flexibility index (Phi) is 3.27. The molecule has 4 nitrogen and oxygen atoms in total. The number of rotatable bonds is 1. The summed E-state index contributed by atoms with van der Waals surface area (Å²) in [5, 5.41) is 11.5. The summed E-state index contributed by atoms with van der Waals surface area (Å²) in [5.41, 5.74) is -2.24. The van der Waals surface area contributed by atoms with E-state index in [1.54, 1.807) is 0 Å². The Balaban J connectivity index is 1.63. The molecule has 5 heteroatoms. The van der Waals surface area contributed by atoms with E-state index in [-0.39, 0.29) is 35.4 Å². The molecule has 0 aromatic rings. The highest BCUT2D eigenvalue weighted by Crippen LogP contribution is 2.77. The quantitative estimate of drug-likeness (QED) is 0.714. The Morgan fingerprint density at radius 3 is 2.67 bits per heavy atom. The fourth-order valence-corrected chi connectivity index (χ4v) is 8.09. The molecular weight excluding hydrogens is 347 g/mol. The zero-order chi connectivity index (χ0) is 19.6. The van der Waals surface area contributed by atoms with E-state index in [4.69, 9.17) is 4.74 Å². The Morgan fingerprint density at radius 2 is 2.00 bits per heavy atom. The fraction of sp³-hybridized carbons (Fsp3) is 0.818. The number of hydrogen-bond acceptors (Lipinski definition) is 4. The Morgan fingerprint density at radius 1 is 1.30 bits per heavy atom. The minimum Gasteiger partial charge on any atom is -0.381 e. The van der Waals surface area contributed by atoms with Crippen molar-refractivity contribution in [3.63, 3.8) is 0 Å². The maximum Gasteiger partial charge on any atom is 0.162 e. The molecule has 3 unspecified atom stereocenters. The van der Waals surface area contributed by atoms with E-state index in [9.17, 15) is 14.7 Å². The van der Waals surface area contributed by atoms with Gasteiger partial charge in [0, 0.05) is 17.3 Å². The van der Waals surface area contributed by atoms with Crippen molar-refractivity contribution in [2.45, 2.75) is 83.3 Å². The van der Waals surface area contributed by atoms with Gasteiger partial charge in [0.2, 0.25) is 0 Å². The van der Waals surface area contributed by atoms with Crippen LogP contribution in [-0.2, 0) is 14.3 Å². The summed E-state index contributed by atoms with van der Waals surface area (Å²) in [6, 6.07) is 0. The summed E-state index contributed by atoms with van der Waals surface area (Å²) in [5.74, 6) is -0.291. The zero-order valence-electron chi connectivity index (χ0n) is 16.5. The lowest BCUT2D eigenvalue weighted by atomic mass is 9.45. The molecule has 27 heavy (non-hydrogen) atoms. The number of carbonyl (C=O) groups excluding carboxylic acids is 2. The molecule has 1 heterocycles. The molecule has 1 saturated heterocycles. The average Bonchev–Trinajstić information content (AvgIpc) is 3.27. The zero-order valence-corrected chi connectivity index (χ0v) is 16.5. The Bertz CT molecular complexity index is 791. The lowest BCUT2D eigenvalue weighted by Gasteiger charge is -2.57. The van der Waals surface area contributed by atoms with Crippen LogP contribution in [0.1, 0.15) is 59.8 Å². The van der Waals surface area contributed by atoms with Crippen LogP contribution in [0.25, 0.3) is 0 Å². The summed E-state index contributed by atoms with van der Waals surface area (Å²) >= 11 is 0. The number of halogens is 1. The summed E-state index contributed by atoms with van der Waals surface area (Å²) in [6.07, 6.45) is 3.05. The standard InChI is InChI=1S/C22H29FO4/c1-11-7-14-15-9-17(23)16-8-13(25)5-6-19(16,3)22(15)18(27-22)10-20(14,4)21(11,26)12(2)24/h8,11,14-15,17-18,26H,5-7,9-10H2,1-4H3/t11?,14-,15-,17?,18?,19-,20-,21-,22-/m0/s1. The van der Waals surface area contributed by atoms with Crippen molar-refractivity contribution in [1.82, 2.24) is 0 Å². The second-order valence-corrected chi connectivity index (χ2v) is 10.3. The number of Topliss-reactive ketones (excluding diaryl/α,β-unsaturated/α-hetero) is 1. The van der Waals surface area contributed by atoms with E-state index in [2.05, 4.69) is 6.92 Å². The van der Waals surface area contributed by atoms with E-state index in [1.165, 1.54) is 13.0 Å². The van der Waals surface area contributed by atoms with Crippen LogP contribution in [0.5, 0.6) is 0 Å². The first-order valence-corrected chi connectivity index (χ1v) is 10.3. The predicted molar refractivity (Wildman–Crippen MR) is 96.7 cm³/mol. The lowest BCUT2D eigenvalue weighted by Crippen LogP contribution is -2.63. The minimum absolute atomic E-state index is 0.0123. The monoisotopic (exact) mass is 376 g/mol. The minimum atomic E-state index is -1.37. The molecule has 0 radical (unpaired) electrons. The predicted octanol–water partition coefficient (Wildman–Crippen LogP) is 3.16. The molecule has 3 saturated carbocycles. The number of carbonyl (C=O) groups is 2. The molecule has 1 aliphatic heterocycles. The van der Waals surface area contributed by atoms with Crippen LogP contribution in [0.3, 0.4) is 0 Å². The van der Waals surface area contributed by atoms with Gasteiger partial charge in [-0.05, 0) is 62.0 Å². The van der Waals surface area contributed by atoms with Crippen molar-refractivity contribution in [3.8, 4) is 0 Å². The summed E-state index contributed by atoms with van der Waals surface area (Å²) in [6.45, 7) is 7.52. The number of ketones is 2. The van der Waals surface area contributed by atoms with Gasteiger partial charge in [0.1, 0.15) is 17.4 Å². The molecule has 5 rings (SSSR count). The molecule has 0 bridgehead atoms. The number of aliphatic hydroxyl groups is 1. The second-order valence-electron chi connectivity index (χ2n) is 10.3. The highest BCUT2D eigenvalue weighted by Gasteiger charge is 2.82. The number of fused-ring (bicyclic) bond motifs is 3. The normalized spacial score (nSPS) is 58.5. The molecule has 1 spiro atoms. The number of hydrogen-bond donors (Lipinski definition) is 1. The molecule has 9 atom stereocenters. The smallest absolute Gasteiger partial charge is 0.162 e. The van der Waals surface area contributed by atoms with Gasteiger partial charge in [-0.2, -0.15) is 0 Å². The molecule has 5 aliphatic rings. The highest BCUT2D eigenvalue weighted by molar-refractivity contribution is 5.92. The van der Waals surface area contributed by atoms with Gasteiger partial charge in [-0.15, -0.1) is 0 Å². The van der Waals surface area contributed by atoms with E-state index < -0.39 is 28.2 Å². The van der Waals surface area contributed by atoms with Crippen LogP contribution in [0.2, 0.25) is 0 Å². The summed E-state index contributed by atoms with van der Waals surface area (Å²) in [7, 11) is 0. The van der Waals surface area contributed by atoms with Crippen molar-refractivity contribution in [3.05, 3.63) is 11.6 Å². The largest absolute Gasteiger partial charge is 0.381 e. The molecule has 0 amide bonds. The van der Waals surface area contributed by atoms with E-state index in [0.29, 0.717) is 31.3 Å². The highest BCUT2D eigenvalue weighted by atomic mass is 19.1. The van der Waals surface area contributed by atoms with Crippen LogP contribution in [0.4, 0.5) is 4.39 Å². The number of epoxide rings is 1. The second kappa shape index (κ2) is 4.91. The average molecular weight is 376 g/mol. The first kappa shape index (κ1) is 18.0. The van der Waals surface area contributed by atoms with Gasteiger partial charge >= 0.3 is 0 Å². The van der Waals surface area contributed by atoms with Crippen LogP contribution >= 0.6 is 0 Å². The fourth-order valence-electron chi connectivity index (χ4n) is 8.09. The number of alkyl halides is 1. The molecule has 4 aliphatic carbocycles. The summed E-state index contributed by atoms with van der Waals surface area (Å²) in [4.78, 5) is 24.5. The first-order valence-electron chi connectivity index (χ1n) is 10.3. The van der Waals surface area contributed by atoms with Crippen molar-refractivity contribution in [2.24, 2.45) is 28.6 Å². The van der Waals surface area contributed by atoms with Gasteiger partial charge in [-0.3, -0.25) is 9.59 Å². The molecule has 0 aromatic heterocycles. The maximum absolute atomic E-state index is 15.3. The van der Waals surface area contributed by atoms with E-state index in [1.807, 2.05) is 13.8 Å². The van der Waals surface area contributed by atoms with Crippen LogP contribution in [0, 0.1) is 28.6 Å².